The number of esters is 1. The fourth-order valence-corrected chi connectivity index (χ4v) is 3.52. The van der Waals surface area contributed by atoms with Crippen LogP contribution in [0.3, 0.4) is 0 Å². The highest BCUT2D eigenvalue weighted by molar-refractivity contribution is 6.04. The highest BCUT2D eigenvalue weighted by Crippen LogP contribution is 2.39. The van der Waals surface area contributed by atoms with E-state index < -0.39 is 11.5 Å². The quantitative estimate of drug-likeness (QED) is 0.443. The number of nitrogens with zero attached hydrogens (tertiary/aromatic N) is 1. The lowest BCUT2D eigenvalue weighted by Crippen LogP contribution is -2.52. The fourth-order valence-electron chi connectivity index (χ4n) is 3.52. The second-order valence-corrected chi connectivity index (χ2v) is 5.43. The number of carbonyl (C=O) groups is 2. The molecule has 4 heteroatoms. The van der Waals surface area contributed by atoms with Crippen LogP contribution in [0.4, 0.5) is 0 Å². The first-order valence-corrected chi connectivity index (χ1v) is 7.22. The van der Waals surface area contributed by atoms with Crippen molar-refractivity contribution < 1.29 is 14.3 Å². The number of hydrogen-bond acceptors (Lipinski definition) is 4. The van der Waals surface area contributed by atoms with Crippen LogP contribution in [-0.4, -0.2) is 41.9 Å². The molecule has 0 aromatic rings. The Morgan fingerprint density at radius 1 is 1.53 bits per heavy atom. The van der Waals surface area contributed by atoms with Gasteiger partial charge in [-0.05, 0) is 52.1 Å². The van der Waals surface area contributed by atoms with E-state index in [9.17, 15) is 9.59 Å². The number of Topliss-reactive ketones (excluding diaryl/α,β-unsaturated/α-hetero) is 1. The van der Waals surface area contributed by atoms with Gasteiger partial charge in [-0.1, -0.05) is 6.08 Å². The second kappa shape index (κ2) is 5.87. The maximum atomic E-state index is 12.9. The van der Waals surface area contributed by atoms with Crippen LogP contribution in [0.5, 0.6) is 0 Å². The lowest BCUT2D eigenvalue weighted by molar-refractivity contribution is -0.154. The summed E-state index contributed by atoms with van der Waals surface area (Å²) >= 11 is 0. The molecule has 0 radical (unpaired) electrons. The van der Waals surface area contributed by atoms with Crippen LogP contribution in [0.1, 0.15) is 39.0 Å². The Morgan fingerprint density at radius 3 is 2.95 bits per heavy atom. The largest absolute Gasteiger partial charge is 0.465 e. The van der Waals surface area contributed by atoms with E-state index in [4.69, 9.17) is 4.74 Å². The molecule has 19 heavy (non-hydrogen) atoms. The lowest BCUT2D eigenvalue weighted by Gasteiger charge is -2.36. The zero-order chi connectivity index (χ0) is 13.9. The van der Waals surface area contributed by atoms with Gasteiger partial charge < -0.3 is 4.74 Å². The maximum absolute atomic E-state index is 12.9. The highest BCUT2D eigenvalue weighted by Gasteiger charge is 2.51. The predicted octanol–water partition coefficient (Wildman–Crippen LogP) is 1.94. The summed E-state index contributed by atoms with van der Waals surface area (Å²) < 4.78 is 5.07. The molecule has 2 rings (SSSR count). The summed E-state index contributed by atoms with van der Waals surface area (Å²) in [6.45, 7) is 7.75. The SMILES string of the molecule is C=CCC12CCCN1CCCC(C(=O)OCC)C2=O. The molecule has 0 N–H and O–H groups in total. The van der Waals surface area contributed by atoms with Crippen molar-refractivity contribution in [1.29, 1.82) is 0 Å². The molecule has 0 saturated carbocycles. The summed E-state index contributed by atoms with van der Waals surface area (Å²) in [6.07, 6.45) is 5.82. The van der Waals surface area contributed by atoms with E-state index in [0.717, 1.165) is 32.4 Å². The van der Waals surface area contributed by atoms with Gasteiger partial charge in [-0.3, -0.25) is 14.5 Å². The summed E-state index contributed by atoms with van der Waals surface area (Å²) in [5, 5.41) is 0. The van der Waals surface area contributed by atoms with Crippen molar-refractivity contribution >= 4 is 11.8 Å². The van der Waals surface area contributed by atoms with E-state index in [1.54, 1.807) is 6.92 Å². The normalized spacial score (nSPS) is 31.6. The second-order valence-electron chi connectivity index (χ2n) is 5.43. The molecule has 0 bridgehead atoms. The third-order valence-corrected chi connectivity index (χ3v) is 4.37. The van der Waals surface area contributed by atoms with Crippen molar-refractivity contribution in [2.75, 3.05) is 19.7 Å². The minimum absolute atomic E-state index is 0.0563. The first-order valence-electron chi connectivity index (χ1n) is 7.22. The number of hydrogen-bond donors (Lipinski definition) is 0. The number of carbonyl (C=O) groups excluding carboxylic acids is 2. The Morgan fingerprint density at radius 2 is 2.26 bits per heavy atom. The Balaban J connectivity index is 2.27. The Kier molecular flexibility index (Phi) is 4.40. The summed E-state index contributed by atoms with van der Waals surface area (Å²) in [5.41, 5.74) is -0.490. The van der Waals surface area contributed by atoms with Crippen molar-refractivity contribution in [3.8, 4) is 0 Å². The molecule has 0 amide bonds. The molecule has 2 aliphatic rings. The topological polar surface area (TPSA) is 46.6 Å². The van der Waals surface area contributed by atoms with E-state index in [-0.39, 0.29) is 11.8 Å². The minimum atomic E-state index is -0.581. The first kappa shape index (κ1) is 14.3. The van der Waals surface area contributed by atoms with Gasteiger partial charge in [-0.2, -0.15) is 0 Å². The summed E-state index contributed by atoms with van der Waals surface area (Å²) in [7, 11) is 0. The molecule has 0 aliphatic carbocycles. The molecule has 0 spiro atoms. The van der Waals surface area contributed by atoms with Crippen LogP contribution in [-0.2, 0) is 14.3 Å². The van der Waals surface area contributed by atoms with Gasteiger partial charge >= 0.3 is 5.97 Å². The van der Waals surface area contributed by atoms with E-state index in [0.29, 0.717) is 19.4 Å². The standard InChI is InChI=1S/C15H23NO3/c1-3-8-15-9-6-11-16(15)10-5-7-12(13(15)17)14(18)19-4-2/h3,12H,1,4-11H2,2H3. The van der Waals surface area contributed by atoms with Gasteiger partial charge in [-0.25, -0.2) is 0 Å². The van der Waals surface area contributed by atoms with E-state index in [1.165, 1.54) is 0 Å². The van der Waals surface area contributed by atoms with Crippen LogP contribution in [0, 0.1) is 5.92 Å². The number of rotatable bonds is 4. The molecule has 2 fully saturated rings. The Hall–Kier alpha value is -1.16. The summed E-state index contributed by atoms with van der Waals surface area (Å²) in [5.74, 6) is -0.867. The van der Waals surface area contributed by atoms with Gasteiger partial charge in [0.25, 0.3) is 0 Å². The smallest absolute Gasteiger partial charge is 0.316 e. The Bertz CT molecular complexity index is 380. The molecule has 106 valence electrons. The van der Waals surface area contributed by atoms with E-state index in [2.05, 4.69) is 11.5 Å². The van der Waals surface area contributed by atoms with Gasteiger partial charge in [0.05, 0.1) is 12.1 Å². The summed E-state index contributed by atoms with van der Waals surface area (Å²) in [4.78, 5) is 27.1. The first-order chi connectivity index (χ1) is 9.15. The molecule has 0 aromatic carbocycles. The van der Waals surface area contributed by atoms with Gasteiger partial charge in [0, 0.05) is 0 Å². The molecule has 4 nitrogen and oxygen atoms in total. The van der Waals surface area contributed by atoms with Crippen LogP contribution in [0.2, 0.25) is 0 Å². The molecular weight excluding hydrogens is 242 g/mol. The molecule has 0 aromatic heterocycles. The Labute approximate surface area is 114 Å². The number of ether oxygens (including phenoxy) is 1. The van der Waals surface area contributed by atoms with Gasteiger partial charge in [0.15, 0.2) is 5.78 Å². The maximum Gasteiger partial charge on any atom is 0.316 e. The molecule has 2 atom stereocenters. The van der Waals surface area contributed by atoms with E-state index >= 15 is 0 Å². The highest BCUT2D eigenvalue weighted by atomic mass is 16.5. The van der Waals surface area contributed by atoms with Crippen molar-refractivity contribution in [3.05, 3.63) is 12.7 Å². The molecule has 2 unspecified atom stereocenters. The van der Waals surface area contributed by atoms with Crippen molar-refractivity contribution in [3.63, 3.8) is 0 Å². The predicted molar refractivity (Wildman–Crippen MR) is 72.7 cm³/mol. The van der Waals surface area contributed by atoms with Crippen molar-refractivity contribution in [1.82, 2.24) is 4.90 Å². The minimum Gasteiger partial charge on any atom is -0.465 e. The van der Waals surface area contributed by atoms with Gasteiger partial charge in [0.1, 0.15) is 5.92 Å². The van der Waals surface area contributed by atoms with Crippen LogP contribution < -0.4 is 0 Å². The van der Waals surface area contributed by atoms with Crippen molar-refractivity contribution in [2.45, 2.75) is 44.6 Å². The third-order valence-electron chi connectivity index (χ3n) is 4.37. The molecular formula is C15H23NO3. The molecule has 2 heterocycles. The van der Waals surface area contributed by atoms with E-state index in [1.807, 2.05) is 6.08 Å². The zero-order valence-electron chi connectivity index (χ0n) is 11.7. The van der Waals surface area contributed by atoms with Crippen molar-refractivity contribution in [2.24, 2.45) is 5.92 Å². The fraction of sp³-hybridized carbons (Fsp3) is 0.733. The molecule has 2 saturated heterocycles. The number of ketones is 1. The third kappa shape index (κ3) is 2.46. The van der Waals surface area contributed by atoms with Crippen LogP contribution >= 0.6 is 0 Å². The van der Waals surface area contributed by atoms with Crippen LogP contribution in [0.15, 0.2) is 12.7 Å². The lowest BCUT2D eigenvalue weighted by atomic mass is 9.81. The zero-order valence-corrected chi connectivity index (χ0v) is 11.7. The summed E-state index contributed by atoms with van der Waals surface area (Å²) in [6, 6.07) is 0. The average Bonchev–Trinajstić information content (AvgIpc) is 2.73. The van der Waals surface area contributed by atoms with Crippen LogP contribution in [0.25, 0.3) is 0 Å². The monoisotopic (exact) mass is 265 g/mol. The number of fused-ring (bicyclic) bond motifs is 1. The van der Waals surface area contributed by atoms with Gasteiger partial charge in [-0.15, -0.1) is 6.58 Å². The van der Waals surface area contributed by atoms with Gasteiger partial charge in [0.2, 0.25) is 0 Å². The average molecular weight is 265 g/mol. The molecule has 2 aliphatic heterocycles.